The second-order valence-electron chi connectivity index (χ2n) is 2.21. The summed E-state index contributed by atoms with van der Waals surface area (Å²) < 4.78 is 4.43. The van der Waals surface area contributed by atoms with Gasteiger partial charge in [-0.15, -0.1) is 0 Å². The number of amides is 1. The van der Waals surface area contributed by atoms with Gasteiger partial charge in [-0.1, -0.05) is 0 Å². The molecule has 0 unspecified atom stereocenters. The van der Waals surface area contributed by atoms with Gasteiger partial charge in [0.25, 0.3) is 5.24 Å². The molecular weight excluding hydrogens is 196 g/mol. The molecule has 1 heterocycles. The molecule has 0 saturated heterocycles. The van der Waals surface area contributed by atoms with Crippen LogP contribution in [0.3, 0.4) is 0 Å². The topological polar surface area (TPSA) is 59.0 Å². The molecule has 0 saturated carbocycles. The maximum atomic E-state index is 10.9. The molecule has 0 fully saturated rings. The van der Waals surface area contributed by atoms with E-state index in [0.29, 0.717) is 0 Å². The highest BCUT2D eigenvalue weighted by molar-refractivity contribution is 6.83. The zero-order valence-corrected chi connectivity index (χ0v) is 7.61. The van der Waals surface area contributed by atoms with Crippen molar-refractivity contribution in [1.82, 2.24) is 4.90 Å². The number of carbonyl (C=O) groups is 2. The Hall–Kier alpha value is -1.36. The van der Waals surface area contributed by atoms with Crippen molar-refractivity contribution in [3.05, 3.63) is 12.3 Å². The number of carbonyl (C=O) groups excluding carboxylic acids is 2. The third-order valence-electron chi connectivity index (χ3n) is 1.42. The van der Waals surface area contributed by atoms with Gasteiger partial charge in [-0.2, -0.15) is 0 Å². The first-order chi connectivity index (χ1) is 6.15. The second kappa shape index (κ2) is 4.04. The van der Waals surface area contributed by atoms with Gasteiger partial charge in [0.2, 0.25) is 0 Å². The molecule has 1 rings (SSSR count). The first-order valence-corrected chi connectivity index (χ1v) is 3.80. The highest BCUT2D eigenvalue weighted by atomic mass is 35.5. The molecule has 0 aromatic heterocycles. The first-order valence-electron chi connectivity index (χ1n) is 3.42. The Bertz CT molecular complexity index is 298. The maximum Gasteiger partial charge on any atom is 0.415 e. The van der Waals surface area contributed by atoms with Crippen LogP contribution < -0.4 is 0 Å². The Morgan fingerprint density at radius 3 is 2.77 bits per heavy atom. The van der Waals surface area contributed by atoms with Gasteiger partial charge >= 0.3 is 6.09 Å². The molecule has 0 atom stereocenters. The minimum Gasteiger partial charge on any atom is -0.452 e. The third kappa shape index (κ3) is 2.29. The molecule has 1 amide bonds. The summed E-state index contributed by atoms with van der Waals surface area (Å²) in [5.41, 5.74) is 0.141. The van der Waals surface area contributed by atoms with Crippen molar-refractivity contribution < 1.29 is 14.3 Å². The van der Waals surface area contributed by atoms with Crippen LogP contribution in [-0.4, -0.2) is 35.7 Å². The van der Waals surface area contributed by atoms with Crippen molar-refractivity contribution in [3.63, 3.8) is 0 Å². The van der Waals surface area contributed by atoms with Crippen LogP contribution in [0.2, 0.25) is 0 Å². The minimum absolute atomic E-state index is 0.0525. The molecule has 13 heavy (non-hydrogen) atoms. The van der Waals surface area contributed by atoms with Crippen LogP contribution in [0.4, 0.5) is 4.79 Å². The lowest BCUT2D eigenvalue weighted by molar-refractivity contribution is -0.106. The van der Waals surface area contributed by atoms with Gasteiger partial charge in [-0.3, -0.25) is 14.7 Å². The lowest BCUT2D eigenvalue weighted by Gasteiger charge is -2.17. The van der Waals surface area contributed by atoms with E-state index < -0.39 is 11.3 Å². The molecule has 1 aliphatic rings. The molecular formula is C7H7ClN2O3. The molecule has 70 valence electrons. The van der Waals surface area contributed by atoms with Crippen LogP contribution in [0.15, 0.2) is 17.3 Å². The van der Waals surface area contributed by atoms with E-state index in [9.17, 15) is 9.59 Å². The predicted octanol–water partition coefficient (Wildman–Crippen LogP) is 0.746. The fourth-order valence-electron chi connectivity index (χ4n) is 0.776. The van der Waals surface area contributed by atoms with Gasteiger partial charge < -0.3 is 4.74 Å². The van der Waals surface area contributed by atoms with E-state index in [0.717, 1.165) is 0 Å². The van der Waals surface area contributed by atoms with E-state index in [-0.39, 0.29) is 12.4 Å². The lowest BCUT2D eigenvalue weighted by atomic mass is 10.3. The summed E-state index contributed by atoms with van der Waals surface area (Å²) in [6.07, 6.45) is 2.23. The summed E-state index contributed by atoms with van der Waals surface area (Å²) in [5, 5.41) is -0.638. The third-order valence-corrected chi connectivity index (χ3v) is 1.61. The van der Waals surface area contributed by atoms with E-state index in [4.69, 9.17) is 11.6 Å². The Kier molecular flexibility index (Phi) is 3.02. The molecule has 0 N–H and O–H groups in total. The van der Waals surface area contributed by atoms with E-state index in [1.165, 1.54) is 24.3 Å². The van der Waals surface area contributed by atoms with Crippen LogP contribution in [0, 0.1) is 0 Å². The average molecular weight is 203 g/mol. The fourth-order valence-corrected chi connectivity index (χ4v) is 0.899. The molecule has 0 radical (unpaired) electrons. The van der Waals surface area contributed by atoms with Crippen LogP contribution in [0.25, 0.3) is 0 Å². The van der Waals surface area contributed by atoms with Gasteiger partial charge in [0, 0.05) is 6.20 Å². The van der Waals surface area contributed by atoms with Crippen molar-refractivity contribution in [1.29, 1.82) is 0 Å². The molecule has 0 aromatic rings. The number of aliphatic imine (C=N–C) groups is 1. The Balaban J connectivity index is 2.63. The zero-order valence-electron chi connectivity index (χ0n) is 6.86. The SMILES string of the molecule is COC(=O)N1C=CC(C(=O)Cl)=NC1. The lowest BCUT2D eigenvalue weighted by Crippen LogP contribution is -2.29. The number of halogens is 1. The normalized spacial score (nSPS) is 15.2. The number of allylic oxidation sites excluding steroid dienone is 1. The summed E-state index contributed by atoms with van der Waals surface area (Å²) >= 11 is 5.16. The van der Waals surface area contributed by atoms with E-state index in [1.54, 1.807) is 0 Å². The maximum absolute atomic E-state index is 10.9. The van der Waals surface area contributed by atoms with Crippen LogP contribution in [0.5, 0.6) is 0 Å². The van der Waals surface area contributed by atoms with Crippen molar-refractivity contribution in [3.8, 4) is 0 Å². The van der Waals surface area contributed by atoms with E-state index in [2.05, 4.69) is 9.73 Å². The Morgan fingerprint density at radius 2 is 2.38 bits per heavy atom. The Morgan fingerprint density at radius 1 is 1.69 bits per heavy atom. The number of ether oxygens (including phenoxy) is 1. The molecule has 1 aliphatic heterocycles. The summed E-state index contributed by atoms with van der Waals surface area (Å²) in [4.78, 5) is 26.5. The van der Waals surface area contributed by atoms with Crippen molar-refractivity contribution in [2.45, 2.75) is 0 Å². The van der Waals surface area contributed by atoms with Crippen LogP contribution in [-0.2, 0) is 9.53 Å². The Labute approximate surface area is 79.6 Å². The first kappa shape index (κ1) is 9.73. The molecule has 0 aliphatic carbocycles. The summed E-state index contributed by atoms with van der Waals surface area (Å²) in [7, 11) is 1.27. The average Bonchev–Trinajstić information content (AvgIpc) is 2.17. The number of methoxy groups -OCH3 is 1. The number of hydrogen-bond acceptors (Lipinski definition) is 4. The van der Waals surface area contributed by atoms with Crippen molar-refractivity contribution >= 4 is 28.6 Å². The highest BCUT2D eigenvalue weighted by Gasteiger charge is 2.15. The van der Waals surface area contributed by atoms with Crippen molar-refractivity contribution in [2.75, 3.05) is 13.8 Å². The number of hydrogen-bond donors (Lipinski definition) is 0. The highest BCUT2D eigenvalue weighted by Crippen LogP contribution is 2.03. The van der Waals surface area contributed by atoms with E-state index in [1.807, 2.05) is 0 Å². The molecule has 5 nitrogen and oxygen atoms in total. The molecule has 0 aromatic carbocycles. The summed E-state index contributed by atoms with van der Waals surface area (Å²) in [6, 6.07) is 0. The van der Waals surface area contributed by atoms with Gasteiger partial charge in [-0.05, 0) is 17.7 Å². The molecule has 6 heteroatoms. The van der Waals surface area contributed by atoms with Gasteiger partial charge in [0.1, 0.15) is 12.4 Å². The van der Waals surface area contributed by atoms with Gasteiger partial charge in [-0.25, -0.2) is 4.79 Å². The fraction of sp³-hybridized carbons (Fsp3) is 0.286. The van der Waals surface area contributed by atoms with Gasteiger partial charge in [0.15, 0.2) is 0 Å². The van der Waals surface area contributed by atoms with E-state index >= 15 is 0 Å². The number of rotatable bonds is 1. The van der Waals surface area contributed by atoms with Crippen molar-refractivity contribution in [2.24, 2.45) is 4.99 Å². The molecule has 0 bridgehead atoms. The molecule has 0 spiro atoms. The second-order valence-corrected chi connectivity index (χ2v) is 2.56. The quantitative estimate of drug-likeness (QED) is 0.590. The largest absolute Gasteiger partial charge is 0.452 e. The number of nitrogens with zero attached hydrogens (tertiary/aromatic N) is 2. The van der Waals surface area contributed by atoms with Gasteiger partial charge in [0.05, 0.1) is 7.11 Å². The summed E-state index contributed by atoms with van der Waals surface area (Å²) in [5.74, 6) is 0. The summed E-state index contributed by atoms with van der Waals surface area (Å²) in [6.45, 7) is 0.0525. The standard InChI is InChI=1S/C7H7ClN2O3/c1-13-7(12)10-3-2-5(6(8)11)9-4-10/h2-3H,4H2,1H3. The predicted molar refractivity (Wildman–Crippen MR) is 46.5 cm³/mol. The monoisotopic (exact) mass is 202 g/mol. The smallest absolute Gasteiger partial charge is 0.415 e. The minimum atomic E-state index is -0.638. The van der Waals surface area contributed by atoms with Crippen LogP contribution >= 0.6 is 11.6 Å². The van der Waals surface area contributed by atoms with Crippen LogP contribution in [0.1, 0.15) is 0 Å². The zero-order chi connectivity index (χ0) is 9.84.